The lowest BCUT2D eigenvalue weighted by molar-refractivity contribution is 0.437. The molecule has 0 fully saturated rings. The van der Waals surface area contributed by atoms with E-state index in [1.165, 1.54) is 17.5 Å². The molecule has 2 nitrogen and oxygen atoms in total. The van der Waals surface area contributed by atoms with E-state index in [9.17, 15) is 0 Å². The second kappa shape index (κ2) is 11.1. The first-order valence-electron chi connectivity index (χ1n) is 9.70. The Labute approximate surface area is 154 Å². The molecule has 25 heavy (non-hydrogen) atoms. The van der Waals surface area contributed by atoms with E-state index in [-0.39, 0.29) is 0 Å². The van der Waals surface area contributed by atoms with Crippen LogP contribution in [0.3, 0.4) is 0 Å². The minimum absolute atomic E-state index is 0.461. The van der Waals surface area contributed by atoms with Crippen molar-refractivity contribution in [3.05, 3.63) is 71.8 Å². The Hall–Kier alpha value is -1.64. The van der Waals surface area contributed by atoms with Crippen molar-refractivity contribution in [1.29, 1.82) is 0 Å². The summed E-state index contributed by atoms with van der Waals surface area (Å²) >= 11 is 0. The molecule has 2 N–H and O–H groups in total. The fraction of sp³-hybridized carbons (Fsp3) is 0.478. The van der Waals surface area contributed by atoms with Crippen LogP contribution in [-0.2, 0) is 0 Å². The Bertz CT molecular complexity index is 526. The van der Waals surface area contributed by atoms with Crippen LogP contribution in [0, 0.1) is 5.92 Å². The summed E-state index contributed by atoms with van der Waals surface area (Å²) in [5.74, 6) is 1.22. The maximum Gasteiger partial charge on any atom is 0.0101 e. The summed E-state index contributed by atoms with van der Waals surface area (Å²) in [6.45, 7) is 9.94. The second-order valence-corrected chi connectivity index (χ2v) is 7.40. The molecule has 2 rings (SSSR count). The largest absolute Gasteiger partial charge is 0.315 e. The zero-order valence-corrected chi connectivity index (χ0v) is 16.0. The molecule has 0 spiro atoms. The number of hydrogen-bond acceptors (Lipinski definition) is 2. The standard InChI is InChI=1S/C23H34N2/c1-19(2)18-20(3)25-17-16-24-15-14-23(21-10-6-4-7-11-21)22-12-8-5-9-13-22/h4-13,19-20,23-25H,14-18H2,1-3H3. The van der Waals surface area contributed by atoms with Crippen LogP contribution in [0.2, 0.25) is 0 Å². The third kappa shape index (κ3) is 7.41. The average Bonchev–Trinajstić information content (AvgIpc) is 2.62. The van der Waals surface area contributed by atoms with Crippen molar-refractivity contribution >= 4 is 0 Å². The highest BCUT2D eigenvalue weighted by molar-refractivity contribution is 5.32. The monoisotopic (exact) mass is 338 g/mol. The van der Waals surface area contributed by atoms with Crippen LogP contribution in [0.25, 0.3) is 0 Å². The molecule has 0 heterocycles. The SMILES string of the molecule is CC(C)CC(C)NCCNCCC(c1ccccc1)c1ccccc1. The maximum atomic E-state index is 3.60. The molecule has 0 aromatic heterocycles. The summed E-state index contributed by atoms with van der Waals surface area (Å²) in [7, 11) is 0. The molecule has 2 heteroatoms. The molecular formula is C23H34N2. The Morgan fingerprint density at radius 3 is 1.80 bits per heavy atom. The van der Waals surface area contributed by atoms with Gasteiger partial charge < -0.3 is 10.6 Å². The van der Waals surface area contributed by atoms with E-state index in [1.54, 1.807) is 0 Å². The van der Waals surface area contributed by atoms with E-state index in [4.69, 9.17) is 0 Å². The van der Waals surface area contributed by atoms with Crippen molar-refractivity contribution in [2.75, 3.05) is 19.6 Å². The van der Waals surface area contributed by atoms with E-state index in [2.05, 4.69) is 92.1 Å². The maximum absolute atomic E-state index is 3.60. The number of nitrogens with one attached hydrogen (secondary N) is 2. The molecule has 0 aliphatic heterocycles. The third-order valence-corrected chi connectivity index (χ3v) is 4.63. The van der Waals surface area contributed by atoms with Crippen molar-refractivity contribution in [2.45, 2.75) is 45.6 Å². The third-order valence-electron chi connectivity index (χ3n) is 4.63. The summed E-state index contributed by atoms with van der Waals surface area (Å²) in [5, 5.41) is 7.20. The summed E-state index contributed by atoms with van der Waals surface area (Å²) < 4.78 is 0. The first kappa shape index (κ1) is 19.7. The highest BCUT2D eigenvalue weighted by Crippen LogP contribution is 2.27. The topological polar surface area (TPSA) is 24.1 Å². The normalized spacial score (nSPS) is 12.7. The van der Waals surface area contributed by atoms with Crippen LogP contribution < -0.4 is 10.6 Å². The minimum atomic E-state index is 0.461. The van der Waals surface area contributed by atoms with Gasteiger partial charge in [-0.1, -0.05) is 74.5 Å². The van der Waals surface area contributed by atoms with Gasteiger partial charge in [0.05, 0.1) is 0 Å². The van der Waals surface area contributed by atoms with Crippen LogP contribution >= 0.6 is 0 Å². The van der Waals surface area contributed by atoms with Gasteiger partial charge in [-0.25, -0.2) is 0 Å². The first-order valence-corrected chi connectivity index (χ1v) is 9.70. The van der Waals surface area contributed by atoms with Crippen molar-refractivity contribution in [3.8, 4) is 0 Å². The van der Waals surface area contributed by atoms with Gasteiger partial charge in [-0.15, -0.1) is 0 Å². The van der Waals surface area contributed by atoms with Crippen LogP contribution in [0.1, 0.15) is 50.7 Å². The molecule has 2 aromatic carbocycles. The van der Waals surface area contributed by atoms with Crippen molar-refractivity contribution in [1.82, 2.24) is 10.6 Å². The van der Waals surface area contributed by atoms with Gasteiger partial charge in [-0.05, 0) is 43.4 Å². The number of rotatable bonds is 11. The smallest absolute Gasteiger partial charge is 0.0101 e. The van der Waals surface area contributed by atoms with Gasteiger partial charge in [-0.2, -0.15) is 0 Å². The minimum Gasteiger partial charge on any atom is -0.315 e. The Morgan fingerprint density at radius 1 is 0.720 bits per heavy atom. The highest BCUT2D eigenvalue weighted by atomic mass is 15.0. The summed E-state index contributed by atoms with van der Waals surface area (Å²) in [6.07, 6.45) is 2.36. The fourth-order valence-electron chi connectivity index (χ4n) is 3.47. The summed E-state index contributed by atoms with van der Waals surface area (Å²) in [4.78, 5) is 0. The number of hydrogen-bond donors (Lipinski definition) is 2. The fourth-order valence-corrected chi connectivity index (χ4v) is 3.47. The average molecular weight is 339 g/mol. The molecule has 1 atom stereocenters. The Morgan fingerprint density at radius 2 is 1.28 bits per heavy atom. The van der Waals surface area contributed by atoms with Crippen molar-refractivity contribution in [2.24, 2.45) is 5.92 Å². The van der Waals surface area contributed by atoms with E-state index >= 15 is 0 Å². The molecule has 0 saturated heterocycles. The number of benzene rings is 2. The van der Waals surface area contributed by atoms with E-state index in [1.807, 2.05) is 0 Å². The predicted octanol–water partition coefficient (Wildman–Crippen LogP) is 4.82. The molecule has 136 valence electrons. The molecule has 0 radical (unpaired) electrons. The van der Waals surface area contributed by atoms with Gasteiger partial charge >= 0.3 is 0 Å². The van der Waals surface area contributed by atoms with Crippen molar-refractivity contribution in [3.63, 3.8) is 0 Å². The zero-order valence-electron chi connectivity index (χ0n) is 16.0. The summed E-state index contributed by atoms with van der Waals surface area (Å²) in [6, 6.07) is 22.3. The quantitative estimate of drug-likeness (QED) is 0.574. The molecule has 0 aliphatic rings. The molecule has 2 aromatic rings. The highest BCUT2D eigenvalue weighted by Gasteiger charge is 2.13. The van der Waals surface area contributed by atoms with Crippen LogP contribution in [0.15, 0.2) is 60.7 Å². The second-order valence-electron chi connectivity index (χ2n) is 7.40. The van der Waals surface area contributed by atoms with Gasteiger partial charge in [0, 0.05) is 25.0 Å². The van der Waals surface area contributed by atoms with Crippen LogP contribution in [-0.4, -0.2) is 25.7 Å². The molecule has 0 aliphatic carbocycles. The Balaban J connectivity index is 1.77. The van der Waals surface area contributed by atoms with Gasteiger partial charge in [0.25, 0.3) is 0 Å². The lowest BCUT2D eigenvalue weighted by Gasteiger charge is -2.19. The predicted molar refractivity (Wildman–Crippen MR) is 109 cm³/mol. The lowest BCUT2D eigenvalue weighted by Crippen LogP contribution is -2.34. The van der Waals surface area contributed by atoms with Crippen molar-refractivity contribution < 1.29 is 0 Å². The van der Waals surface area contributed by atoms with E-state index in [0.717, 1.165) is 32.0 Å². The van der Waals surface area contributed by atoms with Gasteiger partial charge in [0.2, 0.25) is 0 Å². The molecule has 0 bridgehead atoms. The van der Waals surface area contributed by atoms with E-state index in [0.29, 0.717) is 12.0 Å². The first-order chi connectivity index (χ1) is 12.2. The molecule has 1 unspecified atom stereocenters. The van der Waals surface area contributed by atoms with Gasteiger partial charge in [-0.3, -0.25) is 0 Å². The summed E-state index contributed by atoms with van der Waals surface area (Å²) in [5.41, 5.74) is 2.80. The Kier molecular flexibility index (Phi) is 8.71. The lowest BCUT2D eigenvalue weighted by atomic mass is 9.88. The molecule has 0 saturated carbocycles. The zero-order chi connectivity index (χ0) is 17.9. The van der Waals surface area contributed by atoms with Crippen LogP contribution in [0.5, 0.6) is 0 Å². The van der Waals surface area contributed by atoms with Crippen LogP contribution in [0.4, 0.5) is 0 Å². The van der Waals surface area contributed by atoms with E-state index < -0.39 is 0 Å². The van der Waals surface area contributed by atoms with Gasteiger partial charge in [0.15, 0.2) is 0 Å². The molecular weight excluding hydrogens is 304 g/mol. The van der Waals surface area contributed by atoms with Gasteiger partial charge in [0.1, 0.15) is 0 Å². The molecule has 0 amide bonds.